The summed E-state index contributed by atoms with van der Waals surface area (Å²) in [7, 11) is 0. The average molecular weight is 246 g/mol. The summed E-state index contributed by atoms with van der Waals surface area (Å²) in [6.07, 6.45) is 5.72. The van der Waals surface area contributed by atoms with Crippen LogP contribution in [0.4, 0.5) is 0 Å². The van der Waals surface area contributed by atoms with E-state index in [0.717, 1.165) is 32.2 Å². The number of nitrogens with one attached hydrogen (secondary N) is 2. The Labute approximate surface area is 109 Å². The van der Waals surface area contributed by atoms with Gasteiger partial charge in [0, 0.05) is 6.04 Å². The SMILES string of the molecule is O=C(CNCCCCc1ccccc1)NC1CC1. The van der Waals surface area contributed by atoms with Gasteiger partial charge >= 0.3 is 0 Å². The molecule has 3 nitrogen and oxygen atoms in total. The van der Waals surface area contributed by atoms with Crippen LogP contribution in [0.25, 0.3) is 0 Å². The maximum atomic E-state index is 11.4. The largest absolute Gasteiger partial charge is 0.352 e. The lowest BCUT2D eigenvalue weighted by molar-refractivity contribution is -0.120. The molecule has 1 aromatic carbocycles. The molecule has 0 bridgehead atoms. The maximum absolute atomic E-state index is 11.4. The first-order valence-electron chi connectivity index (χ1n) is 6.88. The Morgan fingerprint density at radius 3 is 2.67 bits per heavy atom. The summed E-state index contributed by atoms with van der Waals surface area (Å²) in [4.78, 5) is 11.4. The summed E-state index contributed by atoms with van der Waals surface area (Å²) >= 11 is 0. The number of unbranched alkanes of at least 4 members (excludes halogenated alkanes) is 1. The quantitative estimate of drug-likeness (QED) is 0.688. The van der Waals surface area contributed by atoms with Crippen molar-refractivity contribution in [2.45, 2.75) is 38.1 Å². The zero-order valence-electron chi connectivity index (χ0n) is 10.8. The molecular formula is C15H22N2O. The van der Waals surface area contributed by atoms with E-state index < -0.39 is 0 Å². The zero-order valence-corrected chi connectivity index (χ0v) is 10.8. The highest BCUT2D eigenvalue weighted by Crippen LogP contribution is 2.18. The Morgan fingerprint density at radius 2 is 1.94 bits per heavy atom. The third kappa shape index (κ3) is 5.32. The highest BCUT2D eigenvalue weighted by Gasteiger charge is 2.22. The van der Waals surface area contributed by atoms with Gasteiger partial charge in [0.1, 0.15) is 0 Å². The molecule has 1 aliphatic rings. The van der Waals surface area contributed by atoms with E-state index in [4.69, 9.17) is 0 Å². The molecule has 0 heterocycles. The van der Waals surface area contributed by atoms with Crippen molar-refractivity contribution in [1.82, 2.24) is 10.6 Å². The maximum Gasteiger partial charge on any atom is 0.234 e. The lowest BCUT2D eigenvalue weighted by Crippen LogP contribution is -2.35. The van der Waals surface area contributed by atoms with E-state index in [1.165, 1.54) is 12.0 Å². The molecule has 0 radical (unpaired) electrons. The monoisotopic (exact) mass is 246 g/mol. The Bertz CT molecular complexity index is 360. The van der Waals surface area contributed by atoms with Crippen LogP contribution in [0.5, 0.6) is 0 Å². The van der Waals surface area contributed by atoms with E-state index in [9.17, 15) is 4.79 Å². The van der Waals surface area contributed by atoms with Gasteiger partial charge < -0.3 is 10.6 Å². The topological polar surface area (TPSA) is 41.1 Å². The Balaban J connectivity index is 1.45. The molecule has 98 valence electrons. The number of carbonyl (C=O) groups excluding carboxylic acids is 1. The first-order chi connectivity index (χ1) is 8.84. The summed E-state index contributed by atoms with van der Waals surface area (Å²) < 4.78 is 0. The molecule has 0 atom stereocenters. The minimum atomic E-state index is 0.139. The van der Waals surface area contributed by atoms with Crippen molar-refractivity contribution >= 4 is 5.91 Å². The highest BCUT2D eigenvalue weighted by atomic mass is 16.2. The fraction of sp³-hybridized carbons (Fsp3) is 0.533. The molecule has 1 fully saturated rings. The van der Waals surface area contributed by atoms with Gasteiger partial charge in [0.25, 0.3) is 0 Å². The molecule has 2 N–H and O–H groups in total. The van der Waals surface area contributed by atoms with Crippen LogP contribution in [0.2, 0.25) is 0 Å². The predicted molar refractivity (Wildman–Crippen MR) is 73.4 cm³/mol. The van der Waals surface area contributed by atoms with Crippen LogP contribution in [0.1, 0.15) is 31.2 Å². The van der Waals surface area contributed by atoms with Crippen molar-refractivity contribution in [2.75, 3.05) is 13.1 Å². The van der Waals surface area contributed by atoms with Gasteiger partial charge in [-0.1, -0.05) is 30.3 Å². The van der Waals surface area contributed by atoms with Crippen molar-refractivity contribution in [3.8, 4) is 0 Å². The third-order valence-electron chi connectivity index (χ3n) is 3.14. The summed E-state index contributed by atoms with van der Waals surface area (Å²) in [6.45, 7) is 1.38. The van der Waals surface area contributed by atoms with E-state index in [2.05, 4.69) is 34.9 Å². The number of rotatable bonds is 8. The highest BCUT2D eigenvalue weighted by molar-refractivity contribution is 5.78. The second kappa shape index (κ2) is 7.17. The molecule has 0 aromatic heterocycles. The molecular weight excluding hydrogens is 224 g/mol. The predicted octanol–water partition coefficient (Wildman–Crippen LogP) is 1.88. The lowest BCUT2D eigenvalue weighted by atomic mass is 10.1. The summed E-state index contributed by atoms with van der Waals surface area (Å²) in [5.74, 6) is 0.139. The van der Waals surface area contributed by atoms with Gasteiger partial charge in [-0.15, -0.1) is 0 Å². The Hall–Kier alpha value is -1.35. The van der Waals surface area contributed by atoms with Gasteiger partial charge in [-0.25, -0.2) is 0 Å². The average Bonchev–Trinajstić information content (AvgIpc) is 3.19. The van der Waals surface area contributed by atoms with Crippen LogP contribution in [0, 0.1) is 0 Å². The van der Waals surface area contributed by atoms with Crippen LogP contribution >= 0.6 is 0 Å². The number of benzene rings is 1. The van der Waals surface area contributed by atoms with Crippen molar-refractivity contribution in [1.29, 1.82) is 0 Å². The van der Waals surface area contributed by atoms with Crippen LogP contribution in [-0.4, -0.2) is 25.0 Å². The van der Waals surface area contributed by atoms with E-state index in [-0.39, 0.29) is 5.91 Å². The number of carbonyl (C=O) groups is 1. The van der Waals surface area contributed by atoms with Crippen LogP contribution < -0.4 is 10.6 Å². The summed E-state index contributed by atoms with van der Waals surface area (Å²) in [6, 6.07) is 11.0. The fourth-order valence-corrected chi connectivity index (χ4v) is 1.93. The van der Waals surface area contributed by atoms with E-state index >= 15 is 0 Å². The van der Waals surface area contributed by atoms with Gasteiger partial charge in [0.2, 0.25) is 5.91 Å². The Kier molecular flexibility index (Phi) is 5.21. The molecule has 0 aliphatic heterocycles. The van der Waals surface area contributed by atoms with Crippen LogP contribution in [0.3, 0.4) is 0 Å². The molecule has 0 saturated heterocycles. The molecule has 1 aliphatic carbocycles. The first kappa shape index (κ1) is 13.1. The molecule has 3 heteroatoms. The first-order valence-corrected chi connectivity index (χ1v) is 6.88. The summed E-state index contributed by atoms with van der Waals surface area (Å²) in [5.41, 5.74) is 1.39. The van der Waals surface area contributed by atoms with Gasteiger partial charge in [-0.05, 0) is 44.2 Å². The fourth-order valence-electron chi connectivity index (χ4n) is 1.93. The van der Waals surface area contributed by atoms with Gasteiger partial charge in [0.05, 0.1) is 6.54 Å². The lowest BCUT2D eigenvalue weighted by Gasteiger charge is -2.05. The normalized spacial score (nSPS) is 14.4. The van der Waals surface area contributed by atoms with Crippen molar-refractivity contribution in [3.05, 3.63) is 35.9 Å². The summed E-state index contributed by atoms with van der Waals surface area (Å²) in [5, 5.41) is 6.16. The molecule has 0 unspecified atom stereocenters. The van der Waals surface area contributed by atoms with E-state index in [1.807, 2.05) is 6.07 Å². The molecule has 1 amide bonds. The van der Waals surface area contributed by atoms with E-state index in [1.54, 1.807) is 0 Å². The van der Waals surface area contributed by atoms with Gasteiger partial charge in [-0.3, -0.25) is 4.79 Å². The van der Waals surface area contributed by atoms with Crippen molar-refractivity contribution in [2.24, 2.45) is 0 Å². The molecule has 1 saturated carbocycles. The number of hydrogen-bond donors (Lipinski definition) is 2. The molecule has 0 spiro atoms. The van der Waals surface area contributed by atoms with Crippen molar-refractivity contribution in [3.63, 3.8) is 0 Å². The van der Waals surface area contributed by atoms with Gasteiger partial charge in [-0.2, -0.15) is 0 Å². The van der Waals surface area contributed by atoms with Crippen molar-refractivity contribution < 1.29 is 4.79 Å². The van der Waals surface area contributed by atoms with E-state index in [0.29, 0.717) is 12.6 Å². The van der Waals surface area contributed by atoms with Gasteiger partial charge in [0.15, 0.2) is 0 Å². The minimum Gasteiger partial charge on any atom is -0.352 e. The molecule has 1 aromatic rings. The van der Waals surface area contributed by atoms with Crippen LogP contribution in [0.15, 0.2) is 30.3 Å². The Morgan fingerprint density at radius 1 is 1.17 bits per heavy atom. The standard InChI is InChI=1S/C15H22N2O/c18-15(17-14-9-10-14)12-16-11-5-4-8-13-6-2-1-3-7-13/h1-3,6-7,14,16H,4-5,8-12H2,(H,17,18). The molecule has 2 rings (SSSR count). The van der Waals surface area contributed by atoms with Crippen LogP contribution in [-0.2, 0) is 11.2 Å². The molecule has 18 heavy (non-hydrogen) atoms. The second-order valence-corrected chi connectivity index (χ2v) is 4.96. The smallest absolute Gasteiger partial charge is 0.234 e. The zero-order chi connectivity index (χ0) is 12.6. The third-order valence-corrected chi connectivity index (χ3v) is 3.14. The number of aryl methyl sites for hydroxylation is 1. The number of amides is 1. The second-order valence-electron chi connectivity index (χ2n) is 4.96. The minimum absolute atomic E-state index is 0.139. The number of hydrogen-bond acceptors (Lipinski definition) is 2.